The molecule has 1 saturated heterocycles. The van der Waals surface area contributed by atoms with E-state index >= 15 is 0 Å². The van der Waals surface area contributed by atoms with Crippen LogP contribution in [0.2, 0.25) is 0 Å². The Morgan fingerprint density at radius 2 is 1.93 bits per heavy atom. The molecule has 1 atom stereocenters. The maximum Gasteiger partial charge on any atom is 0.258 e. The molecule has 2 aliphatic rings. The second-order valence-electron chi connectivity index (χ2n) is 6.63. The van der Waals surface area contributed by atoms with Gasteiger partial charge in [0.25, 0.3) is 5.91 Å². The highest BCUT2D eigenvalue weighted by molar-refractivity contribution is 9.11. The molecule has 2 aliphatic heterocycles. The Bertz CT molecular complexity index is 1060. The Labute approximate surface area is 184 Å². The molecule has 2 aromatic rings. The van der Waals surface area contributed by atoms with Crippen LogP contribution in [0.1, 0.15) is 27.4 Å². The molecule has 6 nitrogen and oxygen atoms in total. The molecule has 4 rings (SSSR count). The van der Waals surface area contributed by atoms with E-state index in [1.54, 1.807) is 29.2 Å². The van der Waals surface area contributed by atoms with Gasteiger partial charge in [-0.2, -0.15) is 5.26 Å². The van der Waals surface area contributed by atoms with Crippen molar-refractivity contribution in [3.8, 4) is 11.8 Å². The first-order chi connectivity index (χ1) is 14.0. The highest BCUT2D eigenvalue weighted by atomic mass is 79.9. The molecule has 146 valence electrons. The fraction of sp³-hybridized carbons (Fsp3) is 0.190. The number of nitriles is 1. The number of aliphatic imine (C=N–C) groups is 1. The van der Waals surface area contributed by atoms with Crippen molar-refractivity contribution in [3.05, 3.63) is 73.8 Å². The quantitative estimate of drug-likeness (QED) is 0.643. The smallest absolute Gasteiger partial charge is 0.258 e. The molecule has 0 spiro atoms. The first kappa shape index (κ1) is 19.7. The summed E-state index contributed by atoms with van der Waals surface area (Å²) in [6.45, 7) is 1.28. The number of halogens is 2. The van der Waals surface area contributed by atoms with Crippen LogP contribution in [-0.4, -0.2) is 41.5 Å². The maximum absolute atomic E-state index is 13.2. The maximum atomic E-state index is 13.2. The van der Waals surface area contributed by atoms with Gasteiger partial charge in [-0.15, -0.1) is 0 Å². The number of morpholine rings is 1. The van der Waals surface area contributed by atoms with Crippen molar-refractivity contribution >= 4 is 43.7 Å². The predicted octanol–water partition coefficient (Wildman–Crippen LogP) is 4.34. The van der Waals surface area contributed by atoms with Gasteiger partial charge in [-0.05, 0) is 67.8 Å². The number of carbonyl (C=O) groups excluding carboxylic acids is 1. The average Bonchev–Trinajstić information content (AvgIpc) is 2.76. The molecule has 2 aromatic carbocycles. The second kappa shape index (κ2) is 8.01. The summed E-state index contributed by atoms with van der Waals surface area (Å²) in [6.07, 6.45) is 1.99. The van der Waals surface area contributed by atoms with Crippen LogP contribution in [0.3, 0.4) is 0 Å². The van der Waals surface area contributed by atoms with E-state index in [9.17, 15) is 9.90 Å². The van der Waals surface area contributed by atoms with Gasteiger partial charge < -0.3 is 14.7 Å². The molecule has 0 aromatic heterocycles. The summed E-state index contributed by atoms with van der Waals surface area (Å²) in [5, 5.41) is 18.9. The molecule has 1 fully saturated rings. The third-order valence-electron chi connectivity index (χ3n) is 4.83. The fourth-order valence-electron chi connectivity index (χ4n) is 3.32. The van der Waals surface area contributed by atoms with Crippen LogP contribution >= 0.6 is 31.9 Å². The lowest BCUT2D eigenvalue weighted by Crippen LogP contribution is -2.43. The summed E-state index contributed by atoms with van der Waals surface area (Å²) < 4.78 is 6.54. The van der Waals surface area contributed by atoms with Crippen LogP contribution < -0.4 is 0 Å². The minimum Gasteiger partial charge on any atom is -0.506 e. The fourth-order valence-corrected chi connectivity index (χ4v) is 4.50. The Morgan fingerprint density at radius 3 is 2.59 bits per heavy atom. The van der Waals surface area contributed by atoms with E-state index in [0.29, 0.717) is 51.4 Å². The van der Waals surface area contributed by atoms with Crippen LogP contribution in [0.15, 0.2) is 62.1 Å². The molecular weight excluding hydrogens is 502 g/mol. The van der Waals surface area contributed by atoms with Gasteiger partial charge in [0.05, 0.1) is 33.7 Å². The number of hydrogen-bond donors (Lipinski definition) is 1. The van der Waals surface area contributed by atoms with Crippen molar-refractivity contribution in [1.29, 1.82) is 5.26 Å². The summed E-state index contributed by atoms with van der Waals surface area (Å²) in [6, 6.07) is 12.7. The van der Waals surface area contributed by atoms with Crippen molar-refractivity contribution in [3.63, 3.8) is 0 Å². The van der Waals surface area contributed by atoms with E-state index < -0.39 is 0 Å². The van der Waals surface area contributed by atoms with E-state index in [4.69, 9.17) is 10.00 Å². The summed E-state index contributed by atoms with van der Waals surface area (Å²) in [4.78, 5) is 19.4. The van der Waals surface area contributed by atoms with E-state index in [2.05, 4.69) is 42.9 Å². The topological polar surface area (TPSA) is 85.9 Å². The minimum atomic E-state index is -0.200. The number of rotatable bonds is 2. The number of aromatic hydroxyl groups is 1. The Morgan fingerprint density at radius 1 is 1.24 bits per heavy atom. The normalized spacial score (nSPS) is 18.1. The molecule has 1 N–H and O–H groups in total. The van der Waals surface area contributed by atoms with Gasteiger partial charge in [0.2, 0.25) is 5.90 Å². The standard InChI is InChI=1S/C21H15Br2N3O3/c22-16-7-14(8-17(23)19(16)27)21(28)26-5-6-29-20-18(26)9-15(11-25-20)13-3-1-12(10-24)2-4-13/h1-4,7-9,15,27H,5-6,11H2. The minimum absolute atomic E-state index is 0.0169. The van der Waals surface area contributed by atoms with Crippen LogP contribution in [0.5, 0.6) is 5.75 Å². The number of carbonyl (C=O) groups is 1. The number of ether oxygens (including phenoxy) is 1. The first-order valence-electron chi connectivity index (χ1n) is 8.87. The van der Waals surface area contributed by atoms with Crippen molar-refractivity contribution < 1.29 is 14.6 Å². The highest BCUT2D eigenvalue weighted by Crippen LogP contribution is 2.35. The van der Waals surface area contributed by atoms with Crippen molar-refractivity contribution in [1.82, 2.24) is 4.90 Å². The van der Waals surface area contributed by atoms with E-state index in [1.807, 2.05) is 18.2 Å². The predicted molar refractivity (Wildman–Crippen MR) is 115 cm³/mol. The lowest BCUT2D eigenvalue weighted by molar-refractivity contribution is 0.0752. The Kier molecular flexibility index (Phi) is 5.43. The highest BCUT2D eigenvalue weighted by Gasteiger charge is 2.32. The molecule has 8 heteroatoms. The van der Waals surface area contributed by atoms with Crippen molar-refractivity contribution in [2.45, 2.75) is 5.92 Å². The number of amides is 1. The summed E-state index contributed by atoms with van der Waals surface area (Å²) in [5.74, 6) is 0.292. The average molecular weight is 517 g/mol. The summed E-state index contributed by atoms with van der Waals surface area (Å²) in [5.41, 5.74) is 2.70. The van der Waals surface area contributed by atoms with Crippen LogP contribution in [0.25, 0.3) is 0 Å². The zero-order valence-corrected chi connectivity index (χ0v) is 18.3. The van der Waals surface area contributed by atoms with Gasteiger partial charge in [-0.1, -0.05) is 12.1 Å². The van der Waals surface area contributed by atoms with Gasteiger partial charge in [0.1, 0.15) is 18.1 Å². The number of phenols is 1. The molecule has 0 saturated carbocycles. The Balaban J connectivity index is 1.67. The van der Waals surface area contributed by atoms with E-state index in [-0.39, 0.29) is 17.6 Å². The lowest BCUT2D eigenvalue weighted by Gasteiger charge is -2.34. The molecule has 2 heterocycles. The van der Waals surface area contributed by atoms with Gasteiger partial charge >= 0.3 is 0 Å². The second-order valence-corrected chi connectivity index (χ2v) is 8.34. The van der Waals surface area contributed by atoms with Crippen molar-refractivity contribution in [2.24, 2.45) is 4.99 Å². The van der Waals surface area contributed by atoms with Crippen LogP contribution in [0, 0.1) is 11.3 Å². The third-order valence-corrected chi connectivity index (χ3v) is 6.04. The summed E-state index contributed by atoms with van der Waals surface area (Å²) in [7, 11) is 0. The SMILES string of the molecule is N#Cc1ccc(C2C=C3C(=NC2)OCCN3C(=O)c2cc(Br)c(O)c(Br)c2)cc1. The van der Waals surface area contributed by atoms with Crippen molar-refractivity contribution in [2.75, 3.05) is 19.7 Å². The monoisotopic (exact) mass is 515 g/mol. The number of benzene rings is 2. The molecular formula is C21H15Br2N3O3. The first-order valence-corrected chi connectivity index (χ1v) is 10.5. The number of dihydropyridines is 1. The van der Waals surface area contributed by atoms with Gasteiger partial charge in [0.15, 0.2) is 0 Å². The van der Waals surface area contributed by atoms with Gasteiger partial charge in [-0.3, -0.25) is 4.79 Å². The van der Waals surface area contributed by atoms with E-state index in [0.717, 1.165) is 5.56 Å². The van der Waals surface area contributed by atoms with Gasteiger partial charge in [0, 0.05) is 11.5 Å². The molecule has 0 radical (unpaired) electrons. The van der Waals surface area contributed by atoms with Crippen LogP contribution in [0.4, 0.5) is 0 Å². The molecule has 0 aliphatic carbocycles. The molecule has 1 amide bonds. The lowest BCUT2D eigenvalue weighted by atomic mass is 9.94. The van der Waals surface area contributed by atoms with E-state index in [1.165, 1.54) is 0 Å². The third kappa shape index (κ3) is 3.80. The van der Waals surface area contributed by atoms with Crippen LogP contribution in [-0.2, 0) is 4.74 Å². The number of fused-ring (bicyclic) bond motifs is 1. The Hall–Kier alpha value is -2.63. The largest absolute Gasteiger partial charge is 0.506 e. The number of hydrogen-bond acceptors (Lipinski definition) is 5. The zero-order valence-electron chi connectivity index (χ0n) is 15.1. The summed E-state index contributed by atoms with van der Waals surface area (Å²) >= 11 is 6.55. The zero-order chi connectivity index (χ0) is 20.5. The number of nitrogens with zero attached hydrogens (tertiary/aromatic N) is 3. The van der Waals surface area contributed by atoms with Gasteiger partial charge in [-0.25, -0.2) is 4.99 Å². The molecule has 0 bridgehead atoms. The molecule has 1 unspecified atom stereocenters. The molecule has 29 heavy (non-hydrogen) atoms. The number of phenolic OH excluding ortho intramolecular Hbond substituents is 1.